The number of hydrogen-bond acceptors (Lipinski definition) is 3. The molecule has 0 aliphatic heterocycles. The van der Waals surface area contributed by atoms with E-state index in [9.17, 15) is 14.0 Å². The van der Waals surface area contributed by atoms with Crippen molar-refractivity contribution in [1.82, 2.24) is 0 Å². The fraction of sp³-hybridized carbons (Fsp3) is 0.0909. The van der Waals surface area contributed by atoms with Gasteiger partial charge >= 0.3 is 12.1 Å². The molecule has 5 nitrogen and oxygen atoms in total. The summed E-state index contributed by atoms with van der Waals surface area (Å²) in [6, 6.07) is 18.2. The molecule has 0 aromatic heterocycles. The first kappa shape index (κ1) is 19.1. The van der Waals surface area contributed by atoms with Gasteiger partial charge in [0.05, 0.1) is 0 Å². The van der Waals surface area contributed by atoms with Crippen molar-refractivity contribution in [3.63, 3.8) is 0 Å². The highest BCUT2D eigenvalue weighted by Gasteiger charge is 2.29. The Morgan fingerprint density at radius 1 is 1.03 bits per heavy atom. The van der Waals surface area contributed by atoms with Crippen molar-refractivity contribution in [3.05, 3.63) is 87.6 Å². The van der Waals surface area contributed by atoms with Gasteiger partial charge in [0, 0.05) is 16.1 Å². The van der Waals surface area contributed by atoms with Crippen molar-refractivity contribution in [2.24, 2.45) is 0 Å². The molecular formula is C22H15BrFNO4. The average molecular weight is 456 g/mol. The summed E-state index contributed by atoms with van der Waals surface area (Å²) >= 11 is 3.00. The van der Waals surface area contributed by atoms with Crippen molar-refractivity contribution < 1.29 is 23.8 Å². The highest BCUT2D eigenvalue weighted by atomic mass is 79.9. The lowest BCUT2D eigenvalue weighted by atomic mass is 9.98. The molecule has 1 aliphatic carbocycles. The summed E-state index contributed by atoms with van der Waals surface area (Å²) in [6.07, 6.45) is -0.749. The van der Waals surface area contributed by atoms with Gasteiger partial charge in [0.25, 0.3) is 0 Å². The maximum Gasteiger partial charge on any atom is 0.411 e. The minimum Gasteiger partial charge on any atom is -0.478 e. The van der Waals surface area contributed by atoms with Crippen molar-refractivity contribution in [2.45, 2.75) is 5.92 Å². The molecule has 7 heteroatoms. The molecule has 0 radical (unpaired) electrons. The largest absolute Gasteiger partial charge is 0.478 e. The van der Waals surface area contributed by atoms with Crippen LogP contribution in [0.25, 0.3) is 11.1 Å². The molecule has 3 aromatic carbocycles. The third kappa shape index (κ3) is 3.61. The van der Waals surface area contributed by atoms with Crippen molar-refractivity contribution in [1.29, 1.82) is 0 Å². The number of amides is 1. The molecule has 0 spiro atoms. The van der Waals surface area contributed by atoms with Crippen LogP contribution in [0.4, 0.5) is 14.9 Å². The van der Waals surface area contributed by atoms with E-state index in [1.165, 1.54) is 6.07 Å². The number of carbonyl (C=O) groups is 2. The highest BCUT2D eigenvalue weighted by molar-refractivity contribution is 9.10. The first-order chi connectivity index (χ1) is 14.0. The Labute approximate surface area is 174 Å². The van der Waals surface area contributed by atoms with E-state index < -0.39 is 23.4 Å². The number of anilines is 1. The Morgan fingerprint density at radius 2 is 1.62 bits per heavy atom. The fourth-order valence-electron chi connectivity index (χ4n) is 3.60. The van der Waals surface area contributed by atoms with Gasteiger partial charge in [-0.2, -0.15) is 0 Å². The van der Waals surface area contributed by atoms with Gasteiger partial charge in [0.1, 0.15) is 18.0 Å². The lowest BCUT2D eigenvalue weighted by molar-refractivity contribution is 0.0691. The molecule has 0 atom stereocenters. The molecular weight excluding hydrogens is 441 g/mol. The quantitative estimate of drug-likeness (QED) is 0.532. The van der Waals surface area contributed by atoms with Crippen LogP contribution in [0.2, 0.25) is 0 Å². The first-order valence-electron chi connectivity index (χ1n) is 8.80. The standard InChI is InChI=1S/C22H15BrFNO4/c23-18-9-12(10-19(24)20(18)21(26)27)25-22(28)29-11-17-15-7-3-1-5-13(15)14-6-2-4-8-16(14)17/h1-10,17H,11H2,(H,25,28)(H,26,27). The van der Waals surface area contributed by atoms with Crippen LogP contribution in [0.5, 0.6) is 0 Å². The van der Waals surface area contributed by atoms with E-state index in [0.717, 1.165) is 28.3 Å². The highest BCUT2D eigenvalue weighted by Crippen LogP contribution is 2.44. The minimum atomic E-state index is -1.40. The van der Waals surface area contributed by atoms with Gasteiger partial charge in [-0.15, -0.1) is 0 Å². The van der Waals surface area contributed by atoms with Crippen LogP contribution in [0.15, 0.2) is 65.1 Å². The van der Waals surface area contributed by atoms with E-state index in [-0.39, 0.29) is 22.7 Å². The molecule has 2 N–H and O–H groups in total. The van der Waals surface area contributed by atoms with E-state index in [2.05, 4.69) is 21.2 Å². The zero-order valence-corrected chi connectivity index (χ0v) is 16.6. The van der Waals surface area contributed by atoms with E-state index in [4.69, 9.17) is 9.84 Å². The zero-order valence-electron chi connectivity index (χ0n) is 15.0. The number of ether oxygens (including phenoxy) is 1. The first-order valence-corrected chi connectivity index (χ1v) is 9.59. The number of nitrogens with one attached hydrogen (secondary N) is 1. The van der Waals surface area contributed by atoms with Crippen LogP contribution in [0.1, 0.15) is 27.4 Å². The number of carbonyl (C=O) groups excluding carboxylic acids is 1. The average Bonchev–Trinajstić information content (AvgIpc) is 2.99. The van der Waals surface area contributed by atoms with Crippen LogP contribution in [-0.4, -0.2) is 23.8 Å². The second-order valence-electron chi connectivity index (χ2n) is 6.57. The summed E-state index contributed by atoms with van der Waals surface area (Å²) in [5.74, 6) is -2.45. The van der Waals surface area contributed by atoms with E-state index >= 15 is 0 Å². The molecule has 0 saturated heterocycles. The molecule has 1 aliphatic rings. The zero-order chi connectivity index (χ0) is 20.5. The molecule has 0 heterocycles. The van der Waals surface area contributed by atoms with Gasteiger partial charge in [-0.25, -0.2) is 14.0 Å². The Bertz CT molecular complexity index is 1060. The summed E-state index contributed by atoms with van der Waals surface area (Å²) in [5, 5.41) is 11.4. The number of rotatable bonds is 4. The predicted molar refractivity (Wildman–Crippen MR) is 110 cm³/mol. The number of carboxylic acids is 1. The molecule has 0 saturated carbocycles. The SMILES string of the molecule is O=C(Nc1cc(F)c(C(=O)O)c(Br)c1)OCC1c2ccccc2-c2ccccc21. The number of aromatic carboxylic acids is 1. The van der Waals surface area contributed by atoms with Crippen molar-refractivity contribution in [3.8, 4) is 11.1 Å². The molecule has 0 fully saturated rings. The van der Waals surface area contributed by atoms with E-state index in [0.29, 0.717) is 0 Å². The van der Waals surface area contributed by atoms with Crippen LogP contribution < -0.4 is 5.32 Å². The second kappa shape index (κ2) is 7.67. The monoisotopic (exact) mass is 455 g/mol. The Hall–Kier alpha value is -3.19. The number of benzene rings is 3. The van der Waals surface area contributed by atoms with E-state index in [1.54, 1.807) is 0 Å². The predicted octanol–water partition coefficient (Wildman–Crippen LogP) is 5.65. The third-order valence-corrected chi connectivity index (χ3v) is 5.47. The summed E-state index contributed by atoms with van der Waals surface area (Å²) in [7, 11) is 0. The summed E-state index contributed by atoms with van der Waals surface area (Å²) in [6.45, 7) is 0.122. The molecule has 29 heavy (non-hydrogen) atoms. The van der Waals surface area contributed by atoms with Gasteiger partial charge in [-0.05, 0) is 50.3 Å². The fourth-order valence-corrected chi connectivity index (χ4v) is 4.21. The Balaban J connectivity index is 1.49. The second-order valence-corrected chi connectivity index (χ2v) is 7.42. The maximum atomic E-state index is 14.0. The maximum absolute atomic E-state index is 14.0. The van der Waals surface area contributed by atoms with Gasteiger partial charge in [-0.3, -0.25) is 5.32 Å². The Morgan fingerprint density at radius 3 is 2.17 bits per heavy atom. The van der Waals surface area contributed by atoms with Gasteiger partial charge in [-0.1, -0.05) is 48.5 Å². The number of hydrogen-bond donors (Lipinski definition) is 2. The molecule has 146 valence electrons. The number of fused-ring (bicyclic) bond motifs is 3. The minimum absolute atomic E-state index is 0.0268. The molecule has 3 aromatic rings. The van der Waals surface area contributed by atoms with E-state index in [1.807, 2.05) is 48.5 Å². The van der Waals surface area contributed by atoms with Crippen LogP contribution in [-0.2, 0) is 4.74 Å². The van der Waals surface area contributed by atoms with Crippen LogP contribution >= 0.6 is 15.9 Å². The third-order valence-electron chi connectivity index (χ3n) is 4.85. The summed E-state index contributed by atoms with van der Waals surface area (Å²) in [4.78, 5) is 23.3. The van der Waals surface area contributed by atoms with Crippen molar-refractivity contribution >= 4 is 33.7 Å². The van der Waals surface area contributed by atoms with Gasteiger partial charge in [0.15, 0.2) is 0 Å². The smallest absolute Gasteiger partial charge is 0.411 e. The molecule has 0 bridgehead atoms. The van der Waals surface area contributed by atoms with Gasteiger partial charge < -0.3 is 9.84 Å². The Kier molecular flexibility index (Phi) is 5.07. The normalized spacial score (nSPS) is 12.2. The van der Waals surface area contributed by atoms with Gasteiger partial charge in [0.2, 0.25) is 0 Å². The molecule has 4 rings (SSSR count). The van der Waals surface area contributed by atoms with Crippen molar-refractivity contribution in [2.75, 3.05) is 11.9 Å². The number of halogens is 2. The topological polar surface area (TPSA) is 75.6 Å². The lowest BCUT2D eigenvalue weighted by Gasteiger charge is -2.15. The molecule has 0 unspecified atom stereocenters. The summed E-state index contributed by atoms with van der Waals surface area (Å²) < 4.78 is 19.4. The number of carboxylic acid groups (broad SMARTS) is 1. The van der Waals surface area contributed by atoms with Crippen LogP contribution in [0, 0.1) is 5.82 Å². The lowest BCUT2D eigenvalue weighted by Crippen LogP contribution is -2.18. The van der Waals surface area contributed by atoms with Crippen LogP contribution in [0.3, 0.4) is 0 Å². The summed E-state index contributed by atoms with van der Waals surface area (Å²) in [5.41, 5.74) is 4.00. The molecule has 1 amide bonds.